The fraction of sp³-hybridized carbons (Fsp3) is 0.214. The third-order valence-corrected chi connectivity index (χ3v) is 4.74. The van der Waals surface area contributed by atoms with E-state index >= 15 is 0 Å². The monoisotopic (exact) mass is 292 g/mol. The van der Waals surface area contributed by atoms with Gasteiger partial charge in [0.15, 0.2) is 0 Å². The van der Waals surface area contributed by atoms with Gasteiger partial charge in [-0.1, -0.05) is 18.2 Å². The summed E-state index contributed by atoms with van der Waals surface area (Å²) >= 11 is 3.52. The molecule has 0 fully saturated rings. The summed E-state index contributed by atoms with van der Waals surface area (Å²) in [6.07, 6.45) is 1.38. The van der Waals surface area contributed by atoms with E-state index in [0.29, 0.717) is 17.8 Å². The molecule has 0 radical (unpaired) electrons. The lowest BCUT2D eigenvalue weighted by Gasteiger charge is -2.07. The van der Waals surface area contributed by atoms with Crippen LogP contribution in [0.5, 0.6) is 0 Å². The van der Waals surface area contributed by atoms with Crippen molar-refractivity contribution in [1.29, 1.82) is 0 Å². The molecule has 0 aliphatic heterocycles. The van der Waals surface area contributed by atoms with Gasteiger partial charge in [0.05, 0.1) is 15.6 Å². The highest BCUT2D eigenvalue weighted by Crippen LogP contribution is 2.24. The van der Waals surface area contributed by atoms with Gasteiger partial charge in [-0.3, -0.25) is 4.79 Å². The smallest absolute Gasteiger partial charge is 0.224 e. The van der Waals surface area contributed by atoms with Crippen LogP contribution in [0, 0.1) is 0 Å². The molecule has 100 valence electrons. The van der Waals surface area contributed by atoms with E-state index in [9.17, 15) is 4.79 Å². The number of rotatable bonds is 6. The molecule has 0 bridgehead atoms. The molecule has 1 aromatic carbocycles. The van der Waals surface area contributed by atoms with Gasteiger partial charge in [0.25, 0.3) is 0 Å². The first-order valence-electron chi connectivity index (χ1n) is 6.06. The molecule has 5 heteroatoms. The van der Waals surface area contributed by atoms with Gasteiger partial charge in [0.1, 0.15) is 0 Å². The Labute approximate surface area is 121 Å². The summed E-state index contributed by atoms with van der Waals surface area (Å²) in [6, 6.07) is 11.4. The maximum atomic E-state index is 11.8. The second-order valence-electron chi connectivity index (χ2n) is 4.02. The van der Waals surface area contributed by atoms with Crippen LogP contribution in [0.4, 0.5) is 11.4 Å². The number of thiophene rings is 1. The van der Waals surface area contributed by atoms with Crippen molar-refractivity contribution in [2.45, 2.75) is 17.1 Å². The zero-order valence-corrected chi connectivity index (χ0v) is 12.1. The number of hydrogen-bond acceptors (Lipinski definition) is 4. The van der Waals surface area contributed by atoms with Crippen molar-refractivity contribution in [3.05, 3.63) is 41.8 Å². The van der Waals surface area contributed by atoms with Gasteiger partial charge in [-0.2, -0.15) is 0 Å². The molecule has 1 aromatic heterocycles. The molecule has 2 aromatic rings. The van der Waals surface area contributed by atoms with Gasteiger partial charge in [-0.15, -0.1) is 23.1 Å². The maximum absolute atomic E-state index is 11.8. The molecule has 2 rings (SSSR count). The Morgan fingerprint density at radius 2 is 2.11 bits per heavy atom. The first-order valence-corrected chi connectivity index (χ1v) is 7.93. The molecular weight excluding hydrogens is 276 g/mol. The topological polar surface area (TPSA) is 55.1 Å². The van der Waals surface area contributed by atoms with Crippen molar-refractivity contribution in [2.24, 2.45) is 0 Å². The highest BCUT2D eigenvalue weighted by Gasteiger charge is 2.04. The SMILES string of the molecule is Nc1ccccc1NC(=O)CCCSc1cccs1. The van der Waals surface area contributed by atoms with E-state index in [2.05, 4.69) is 16.8 Å². The van der Waals surface area contributed by atoms with E-state index in [1.807, 2.05) is 24.3 Å². The number of carbonyl (C=O) groups is 1. The fourth-order valence-corrected chi connectivity index (χ4v) is 3.38. The number of anilines is 2. The van der Waals surface area contributed by atoms with Crippen molar-refractivity contribution >= 4 is 40.4 Å². The van der Waals surface area contributed by atoms with Crippen molar-refractivity contribution in [3.8, 4) is 0 Å². The van der Waals surface area contributed by atoms with Crippen LogP contribution < -0.4 is 11.1 Å². The predicted molar refractivity (Wildman–Crippen MR) is 83.8 cm³/mol. The van der Waals surface area contributed by atoms with Crippen molar-refractivity contribution < 1.29 is 4.79 Å². The molecular formula is C14H16N2OS2. The zero-order valence-electron chi connectivity index (χ0n) is 10.5. The quantitative estimate of drug-likeness (QED) is 0.483. The summed E-state index contributed by atoms with van der Waals surface area (Å²) < 4.78 is 1.30. The summed E-state index contributed by atoms with van der Waals surface area (Å²) in [6.45, 7) is 0. The molecule has 3 nitrogen and oxygen atoms in total. The van der Waals surface area contributed by atoms with Gasteiger partial charge in [-0.05, 0) is 35.8 Å². The molecule has 0 aliphatic carbocycles. The summed E-state index contributed by atoms with van der Waals surface area (Å²) in [5.41, 5.74) is 7.06. The van der Waals surface area contributed by atoms with Gasteiger partial charge in [0.2, 0.25) is 5.91 Å². The number of amides is 1. The number of nitrogens with two attached hydrogens (primary N) is 1. The second-order valence-corrected chi connectivity index (χ2v) is 6.36. The number of hydrogen-bond donors (Lipinski definition) is 2. The van der Waals surface area contributed by atoms with Gasteiger partial charge in [-0.25, -0.2) is 0 Å². The Balaban J connectivity index is 1.69. The normalized spacial score (nSPS) is 10.3. The highest BCUT2D eigenvalue weighted by atomic mass is 32.2. The lowest BCUT2D eigenvalue weighted by molar-refractivity contribution is -0.116. The van der Waals surface area contributed by atoms with Crippen LogP contribution in [0.3, 0.4) is 0 Å². The van der Waals surface area contributed by atoms with E-state index in [1.165, 1.54) is 4.21 Å². The van der Waals surface area contributed by atoms with Crippen LogP contribution in [-0.2, 0) is 4.79 Å². The highest BCUT2D eigenvalue weighted by molar-refractivity contribution is 8.01. The van der Waals surface area contributed by atoms with E-state index in [4.69, 9.17) is 5.73 Å². The average molecular weight is 292 g/mol. The van der Waals surface area contributed by atoms with E-state index in [-0.39, 0.29) is 5.91 Å². The molecule has 3 N–H and O–H groups in total. The summed E-state index contributed by atoms with van der Waals surface area (Å²) in [4.78, 5) is 11.8. The minimum absolute atomic E-state index is 0.0182. The fourth-order valence-electron chi connectivity index (χ4n) is 1.57. The zero-order chi connectivity index (χ0) is 13.5. The van der Waals surface area contributed by atoms with Gasteiger partial charge in [0, 0.05) is 6.42 Å². The van der Waals surface area contributed by atoms with Crippen molar-refractivity contribution in [1.82, 2.24) is 0 Å². The molecule has 0 aliphatic rings. The largest absolute Gasteiger partial charge is 0.397 e. The lowest BCUT2D eigenvalue weighted by atomic mass is 10.2. The maximum Gasteiger partial charge on any atom is 0.224 e. The minimum atomic E-state index is 0.0182. The molecule has 1 amide bonds. The minimum Gasteiger partial charge on any atom is -0.397 e. The molecule has 1 heterocycles. The lowest BCUT2D eigenvalue weighted by Crippen LogP contribution is -2.12. The van der Waals surface area contributed by atoms with Crippen LogP contribution >= 0.6 is 23.1 Å². The van der Waals surface area contributed by atoms with Crippen molar-refractivity contribution in [2.75, 3.05) is 16.8 Å². The molecule has 19 heavy (non-hydrogen) atoms. The summed E-state index contributed by atoms with van der Waals surface area (Å²) in [5, 5.41) is 4.90. The average Bonchev–Trinajstić information content (AvgIpc) is 2.91. The second kappa shape index (κ2) is 7.21. The summed E-state index contributed by atoms with van der Waals surface area (Å²) in [7, 11) is 0. The molecule has 0 saturated heterocycles. The number of carbonyl (C=O) groups excluding carboxylic acids is 1. The summed E-state index contributed by atoms with van der Waals surface area (Å²) in [5.74, 6) is 0.975. The Kier molecular flexibility index (Phi) is 5.30. The van der Waals surface area contributed by atoms with E-state index < -0.39 is 0 Å². The standard InChI is InChI=1S/C14H16N2OS2/c15-11-5-1-2-6-12(11)16-13(17)7-3-9-18-14-8-4-10-19-14/h1-2,4-6,8,10H,3,7,9,15H2,(H,16,17). The van der Waals surface area contributed by atoms with Crippen molar-refractivity contribution in [3.63, 3.8) is 0 Å². The van der Waals surface area contributed by atoms with Gasteiger partial charge < -0.3 is 11.1 Å². The predicted octanol–water partition coefficient (Wildman–Crippen LogP) is 3.84. The first kappa shape index (κ1) is 14.0. The first-order chi connectivity index (χ1) is 9.25. The van der Waals surface area contributed by atoms with Gasteiger partial charge >= 0.3 is 0 Å². The van der Waals surface area contributed by atoms with Crippen LogP contribution in [0.1, 0.15) is 12.8 Å². The van der Waals surface area contributed by atoms with Crippen LogP contribution in [0.25, 0.3) is 0 Å². The van der Waals surface area contributed by atoms with Crippen LogP contribution in [-0.4, -0.2) is 11.7 Å². The molecule has 0 saturated carbocycles. The van der Waals surface area contributed by atoms with Crippen LogP contribution in [0.2, 0.25) is 0 Å². The Morgan fingerprint density at radius 1 is 1.26 bits per heavy atom. The third kappa shape index (κ3) is 4.61. The number of nitrogens with one attached hydrogen (secondary N) is 1. The third-order valence-electron chi connectivity index (χ3n) is 2.52. The number of para-hydroxylation sites is 2. The molecule has 0 atom stereocenters. The van der Waals surface area contributed by atoms with E-state index in [1.54, 1.807) is 29.2 Å². The molecule has 0 unspecified atom stereocenters. The number of nitrogen functional groups attached to an aromatic ring is 1. The molecule has 0 spiro atoms. The number of benzene rings is 1. The van der Waals surface area contributed by atoms with Crippen LogP contribution in [0.15, 0.2) is 46.0 Å². The Hall–Kier alpha value is -1.46. The Morgan fingerprint density at radius 3 is 2.84 bits per heavy atom. The van der Waals surface area contributed by atoms with E-state index in [0.717, 1.165) is 12.2 Å². The Bertz CT molecular complexity index is 526. The number of thioether (sulfide) groups is 1.